The third-order valence-electron chi connectivity index (χ3n) is 2.76. The SMILES string of the molecule is CCCCOC(=O)/C(C)=C/C=C(\C)C(=O)OCC1CO1. The third kappa shape index (κ3) is 6.52. The van der Waals surface area contributed by atoms with Crippen LogP contribution in [0.2, 0.25) is 0 Å². The summed E-state index contributed by atoms with van der Waals surface area (Å²) < 4.78 is 15.0. The number of esters is 2. The smallest absolute Gasteiger partial charge is 0.333 e. The summed E-state index contributed by atoms with van der Waals surface area (Å²) in [6, 6.07) is 0. The molecule has 1 aliphatic heterocycles. The Labute approximate surface area is 119 Å². The van der Waals surface area contributed by atoms with Gasteiger partial charge in [0.15, 0.2) is 0 Å². The number of hydrogen-bond donors (Lipinski definition) is 0. The van der Waals surface area contributed by atoms with Crippen LogP contribution < -0.4 is 0 Å². The molecule has 1 unspecified atom stereocenters. The lowest BCUT2D eigenvalue weighted by atomic mass is 10.2. The van der Waals surface area contributed by atoms with Crippen LogP contribution in [0.25, 0.3) is 0 Å². The van der Waals surface area contributed by atoms with Crippen molar-refractivity contribution < 1.29 is 23.8 Å². The fraction of sp³-hybridized carbons (Fsp3) is 0.600. The van der Waals surface area contributed by atoms with E-state index in [4.69, 9.17) is 14.2 Å². The van der Waals surface area contributed by atoms with E-state index in [1.807, 2.05) is 6.92 Å². The highest BCUT2D eigenvalue weighted by Gasteiger charge is 2.24. The van der Waals surface area contributed by atoms with E-state index >= 15 is 0 Å². The predicted molar refractivity (Wildman–Crippen MR) is 74.1 cm³/mol. The van der Waals surface area contributed by atoms with E-state index in [2.05, 4.69) is 0 Å². The summed E-state index contributed by atoms with van der Waals surface area (Å²) in [7, 11) is 0. The van der Waals surface area contributed by atoms with Gasteiger partial charge in [0.1, 0.15) is 12.7 Å². The van der Waals surface area contributed by atoms with Gasteiger partial charge in [0.25, 0.3) is 0 Å². The molecular weight excluding hydrogens is 260 g/mol. The Hall–Kier alpha value is -1.62. The fourth-order valence-corrected chi connectivity index (χ4v) is 1.26. The first-order valence-corrected chi connectivity index (χ1v) is 6.85. The average Bonchev–Trinajstić information content (AvgIpc) is 3.25. The maximum Gasteiger partial charge on any atom is 0.333 e. The van der Waals surface area contributed by atoms with Gasteiger partial charge in [-0.3, -0.25) is 0 Å². The minimum atomic E-state index is -0.399. The lowest BCUT2D eigenvalue weighted by Crippen LogP contribution is -2.10. The van der Waals surface area contributed by atoms with Gasteiger partial charge in [-0.15, -0.1) is 0 Å². The van der Waals surface area contributed by atoms with Crippen LogP contribution in [0.3, 0.4) is 0 Å². The van der Waals surface area contributed by atoms with Crippen molar-refractivity contribution in [3.8, 4) is 0 Å². The molecule has 1 heterocycles. The van der Waals surface area contributed by atoms with Crippen molar-refractivity contribution in [3.63, 3.8) is 0 Å². The van der Waals surface area contributed by atoms with E-state index < -0.39 is 5.97 Å². The van der Waals surface area contributed by atoms with Gasteiger partial charge in [0.2, 0.25) is 0 Å². The summed E-state index contributed by atoms with van der Waals surface area (Å²) in [5.74, 6) is -0.758. The van der Waals surface area contributed by atoms with Gasteiger partial charge in [0.05, 0.1) is 13.2 Å². The van der Waals surface area contributed by atoms with Crippen LogP contribution in [-0.2, 0) is 23.8 Å². The second-order valence-electron chi connectivity index (χ2n) is 4.74. The van der Waals surface area contributed by atoms with Crippen molar-refractivity contribution in [3.05, 3.63) is 23.3 Å². The van der Waals surface area contributed by atoms with Crippen molar-refractivity contribution in [2.75, 3.05) is 19.8 Å². The highest BCUT2D eigenvalue weighted by Crippen LogP contribution is 2.10. The molecule has 20 heavy (non-hydrogen) atoms. The van der Waals surface area contributed by atoms with Crippen molar-refractivity contribution in [2.24, 2.45) is 0 Å². The van der Waals surface area contributed by atoms with Crippen LogP contribution in [-0.4, -0.2) is 37.9 Å². The number of unbranched alkanes of at least 4 members (excludes halogenated alkanes) is 1. The van der Waals surface area contributed by atoms with E-state index in [9.17, 15) is 9.59 Å². The van der Waals surface area contributed by atoms with Crippen LogP contribution in [0, 0.1) is 0 Å². The van der Waals surface area contributed by atoms with Crippen LogP contribution in [0.5, 0.6) is 0 Å². The van der Waals surface area contributed by atoms with E-state index in [1.54, 1.807) is 26.0 Å². The van der Waals surface area contributed by atoms with Gasteiger partial charge in [-0.1, -0.05) is 25.5 Å². The van der Waals surface area contributed by atoms with Crippen LogP contribution in [0.15, 0.2) is 23.3 Å². The van der Waals surface area contributed by atoms with Crippen LogP contribution in [0.1, 0.15) is 33.6 Å². The molecule has 112 valence electrons. The minimum absolute atomic E-state index is 0.0533. The summed E-state index contributed by atoms with van der Waals surface area (Å²) in [5.41, 5.74) is 0.894. The largest absolute Gasteiger partial charge is 0.462 e. The van der Waals surface area contributed by atoms with E-state index in [0.29, 0.717) is 24.4 Å². The first kappa shape index (κ1) is 16.4. The second-order valence-corrected chi connectivity index (χ2v) is 4.74. The minimum Gasteiger partial charge on any atom is -0.462 e. The highest BCUT2D eigenvalue weighted by atomic mass is 16.6. The van der Waals surface area contributed by atoms with Crippen molar-refractivity contribution in [1.29, 1.82) is 0 Å². The summed E-state index contributed by atoms with van der Waals surface area (Å²) in [5, 5.41) is 0. The Morgan fingerprint density at radius 1 is 1.15 bits per heavy atom. The molecule has 1 rings (SSSR count). The number of allylic oxidation sites excluding steroid dienone is 2. The normalized spacial score (nSPS) is 18.6. The summed E-state index contributed by atoms with van der Waals surface area (Å²) in [4.78, 5) is 23.1. The van der Waals surface area contributed by atoms with Gasteiger partial charge < -0.3 is 14.2 Å². The number of epoxide rings is 1. The zero-order valence-electron chi connectivity index (χ0n) is 12.3. The van der Waals surface area contributed by atoms with Crippen LogP contribution >= 0.6 is 0 Å². The maximum absolute atomic E-state index is 11.6. The Balaban J connectivity index is 2.38. The number of ether oxygens (including phenoxy) is 3. The molecule has 0 aromatic carbocycles. The Morgan fingerprint density at radius 2 is 1.70 bits per heavy atom. The Bertz CT molecular complexity index is 404. The van der Waals surface area contributed by atoms with Crippen molar-refractivity contribution in [1.82, 2.24) is 0 Å². The van der Waals surface area contributed by atoms with Gasteiger partial charge in [0, 0.05) is 11.1 Å². The molecular formula is C15H22O5. The molecule has 1 aliphatic rings. The predicted octanol–water partition coefficient (Wildman–Crippen LogP) is 2.16. The fourth-order valence-electron chi connectivity index (χ4n) is 1.26. The molecule has 0 bridgehead atoms. The molecule has 5 nitrogen and oxygen atoms in total. The van der Waals surface area contributed by atoms with Gasteiger partial charge in [-0.05, 0) is 20.3 Å². The van der Waals surface area contributed by atoms with Crippen molar-refractivity contribution in [2.45, 2.75) is 39.7 Å². The molecule has 1 fully saturated rings. The second kappa shape index (κ2) is 8.53. The molecule has 0 spiro atoms. The molecule has 0 radical (unpaired) electrons. The monoisotopic (exact) mass is 282 g/mol. The number of hydrogen-bond acceptors (Lipinski definition) is 5. The third-order valence-corrected chi connectivity index (χ3v) is 2.76. The number of rotatable bonds is 8. The molecule has 0 aliphatic carbocycles. The Kier molecular flexibility index (Phi) is 7.01. The molecule has 0 amide bonds. The topological polar surface area (TPSA) is 65.1 Å². The summed E-state index contributed by atoms with van der Waals surface area (Å²) in [6.07, 6.45) is 5.01. The Morgan fingerprint density at radius 3 is 2.20 bits per heavy atom. The lowest BCUT2D eigenvalue weighted by molar-refractivity contribution is -0.140. The number of carbonyl (C=O) groups is 2. The standard InChI is InChI=1S/C15H22O5/c1-4-5-8-18-14(16)11(2)6-7-12(3)15(17)20-10-13-9-19-13/h6-7,13H,4-5,8-10H2,1-3H3/b11-6+,12-7+. The van der Waals surface area contributed by atoms with Gasteiger partial charge >= 0.3 is 11.9 Å². The molecule has 0 aromatic rings. The molecule has 0 aromatic heterocycles. The quantitative estimate of drug-likeness (QED) is 0.224. The summed E-state index contributed by atoms with van der Waals surface area (Å²) in [6.45, 7) is 6.68. The molecule has 1 saturated heterocycles. The zero-order chi connectivity index (χ0) is 15.0. The summed E-state index contributed by atoms with van der Waals surface area (Å²) >= 11 is 0. The van der Waals surface area contributed by atoms with Gasteiger partial charge in [-0.2, -0.15) is 0 Å². The number of carbonyl (C=O) groups excluding carboxylic acids is 2. The lowest BCUT2D eigenvalue weighted by Gasteiger charge is -2.04. The first-order chi connectivity index (χ1) is 9.54. The highest BCUT2D eigenvalue weighted by molar-refractivity contribution is 5.90. The molecule has 1 atom stereocenters. The molecule has 0 saturated carbocycles. The molecule has 0 N–H and O–H groups in total. The van der Waals surface area contributed by atoms with E-state index in [-0.39, 0.29) is 18.7 Å². The van der Waals surface area contributed by atoms with Gasteiger partial charge in [-0.25, -0.2) is 9.59 Å². The van der Waals surface area contributed by atoms with Crippen LogP contribution in [0.4, 0.5) is 0 Å². The van der Waals surface area contributed by atoms with E-state index in [0.717, 1.165) is 12.8 Å². The first-order valence-electron chi connectivity index (χ1n) is 6.85. The molecule has 5 heteroatoms. The van der Waals surface area contributed by atoms with Crippen molar-refractivity contribution >= 4 is 11.9 Å². The maximum atomic E-state index is 11.6. The zero-order valence-corrected chi connectivity index (χ0v) is 12.3. The average molecular weight is 282 g/mol. The van der Waals surface area contributed by atoms with E-state index in [1.165, 1.54) is 0 Å².